The molecule has 1 amide bonds. The molecule has 2 atom stereocenters. The van der Waals surface area contributed by atoms with E-state index < -0.39 is 0 Å². The van der Waals surface area contributed by atoms with Gasteiger partial charge in [-0.2, -0.15) is 0 Å². The van der Waals surface area contributed by atoms with Gasteiger partial charge in [0.05, 0.1) is 0 Å². The molecule has 132 valence electrons. The Bertz CT molecular complexity index is 561. The van der Waals surface area contributed by atoms with E-state index in [-0.39, 0.29) is 18.6 Å². The zero-order chi connectivity index (χ0) is 16.9. The van der Waals surface area contributed by atoms with E-state index in [0.717, 1.165) is 42.9 Å². The van der Waals surface area contributed by atoms with Crippen molar-refractivity contribution >= 4 is 17.5 Å². The number of nitrogens with one attached hydrogen (secondary N) is 2. The molecular weight excluding hydrogens is 326 g/mol. The van der Waals surface area contributed by atoms with Crippen LogP contribution in [0.25, 0.3) is 0 Å². The lowest BCUT2D eigenvalue weighted by atomic mass is 9.86. The van der Waals surface area contributed by atoms with Crippen LogP contribution in [0.3, 0.4) is 0 Å². The van der Waals surface area contributed by atoms with Gasteiger partial charge in [-0.05, 0) is 43.7 Å². The van der Waals surface area contributed by atoms with Crippen LogP contribution in [-0.2, 0) is 9.53 Å². The maximum Gasteiger partial charge on any atom is 0.248 e. The number of piperidine rings is 1. The van der Waals surface area contributed by atoms with Crippen LogP contribution in [0.4, 0.5) is 0 Å². The summed E-state index contributed by atoms with van der Waals surface area (Å²) >= 11 is 6.31. The van der Waals surface area contributed by atoms with E-state index in [1.165, 1.54) is 0 Å². The number of hydrazine groups is 1. The Morgan fingerprint density at radius 3 is 2.75 bits per heavy atom. The summed E-state index contributed by atoms with van der Waals surface area (Å²) in [6.45, 7) is 4.35. The molecule has 0 radical (unpaired) electrons. The molecule has 3 rings (SSSR count). The largest absolute Gasteiger partial charge is 0.372 e. The number of ether oxygens (including phenoxy) is 1. The first-order valence-electron chi connectivity index (χ1n) is 8.80. The first kappa shape index (κ1) is 17.7. The quantitative estimate of drug-likeness (QED) is 0.856. The van der Waals surface area contributed by atoms with Gasteiger partial charge >= 0.3 is 0 Å². The third-order valence-electron chi connectivity index (χ3n) is 5.10. The van der Waals surface area contributed by atoms with Gasteiger partial charge in [-0.1, -0.05) is 29.8 Å². The van der Waals surface area contributed by atoms with Gasteiger partial charge in [0.25, 0.3) is 0 Å². The van der Waals surface area contributed by atoms with E-state index in [2.05, 4.69) is 16.9 Å². The van der Waals surface area contributed by atoms with Gasteiger partial charge in [-0.3, -0.25) is 10.2 Å². The van der Waals surface area contributed by atoms with Crippen molar-refractivity contribution in [3.05, 3.63) is 34.9 Å². The van der Waals surface area contributed by atoms with Crippen molar-refractivity contribution in [2.75, 3.05) is 26.3 Å². The average Bonchev–Trinajstić information content (AvgIpc) is 3.10. The van der Waals surface area contributed by atoms with Gasteiger partial charge in [-0.15, -0.1) is 0 Å². The van der Waals surface area contributed by atoms with Gasteiger partial charge in [-0.25, -0.2) is 5.43 Å². The minimum atomic E-state index is 0.113. The third-order valence-corrected chi connectivity index (χ3v) is 5.45. The van der Waals surface area contributed by atoms with Gasteiger partial charge in [0.1, 0.15) is 6.61 Å². The first-order valence-corrected chi connectivity index (χ1v) is 9.17. The van der Waals surface area contributed by atoms with Crippen molar-refractivity contribution in [1.82, 2.24) is 15.8 Å². The fourth-order valence-electron chi connectivity index (χ4n) is 3.68. The summed E-state index contributed by atoms with van der Waals surface area (Å²) in [7, 11) is 0. The van der Waals surface area contributed by atoms with Crippen LogP contribution in [0.2, 0.25) is 5.02 Å². The van der Waals surface area contributed by atoms with E-state index in [1.807, 2.05) is 30.0 Å². The number of amides is 1. The lowest BCUT2D eigenvalue weighted by Crippen LogP contribution is -2.45. The van der Waals surface area contributed by atoms with Crippen LogP contribution in [0, 0.1) is 5.92 Å². The second kappa shape index (κ2) is 8.30. The number of halogens is 1. The summed E-state index contributed by atoms with van der Waals surface area (Å²) in [6.07, 6.45) is 3.10. The molecule has 2 heterocycles. The Labute approximate surface area is 148 Å². The Morgan fingerprint density at radius 2 is 2.04 bits per heavy atom. The monoisotopic (exact) mass is 351 g/mol. The average molecular weight is 352 g/mol. The molecule has 2 aliphatic rings. The maximum atomic E-state index is 12.0. The molecule has 2 saturated heterocycles. The molecule has 2 unspecified atom stereocenters. The molecule has 1 aromatic carbocycles. The summed E-state index contributed by atoms with van der Waals surface area (Å²) in [5.41, 5.74) is 7.98. The van der Waals surface area contributed by atoms with Crippen LogP contribution in [-0.4, -0.2) is 43.2 Å². The second-order valence-corrected chi connectivity index (χ2v) is 6.97. The SMILES string of the molecule is CCOCC(=O)N1CCC(C2CC(c3ccccc3Cl)NN2)CC1. The predicted octanol–water partition coefficient (Wildman–Crippen LogP) is 2.52. The van der Waals surface area contributed by atoms with Crippen LogP contribution >= 0.6 is 11.6 Å². The first-order chi connectivity index (χ1) is 11.7. The van der Waals surface area contributed by atoms with Crippen LogP contribution < -0.4 is 10.9 Å². The number of rotatable bonds is 5. The van der Waals surface area contributed by atoms with Crippen molar-refractivity contribution in [3.8, 4) is 0 Å². The molecule has 0 spiro atoms. The Morgan fingerprint density at radius 1 is 1.29 bits per heavy atom. The molecule has 5 nitrogen and oxygen atoms in total. The molecule has 0 aromatic heterocycles. The minimum absolute atomic E-state index is 0.113. The Hall–Kier alpha value is -1.14. The highest BCUT2D eigenvalue weighted by Gasteiger charge is 2.34. The standard InChI is InChI=1S/C18H26ClN3O2/c1-2-24-12-18(23)22-9-7-13(8-10-22)16-11-17(21-20-16)14-5-3-4-6-15(14)19/h3-6,13,16-17,20-21H,2,7-12H2,1H3. The smallest absolute Gasteiger partial charge is 0.248 e. The number of hydrogen-bond donors (Lipinski definition) is 2. The molecule has 0 bridgehead atoms. The highest BCUT2D eigenvalue weighted by Crippen LogP contribution is 2.33. The summed E-state index contributed by atoms with van der Waals surface area (Å²) in [4.78, 5) is 13.9. The summed E-state index contributed by atoms with van der Waals surface area (Å²) < 4.78 is 5.22. The van der Waals surface area contributed by atoms with E-state index in [4.69, 9.17) is 16.3 Å². The molecule has 2 fully saturated rings. The van der Waals surface area contributed by atoms with Crippen molar-refractivity contribution in [2.45, 2.75) is 38.3 Å². The summed E-state index contributed by atoms with van der Waals surface area (Å²) in [6, 6.07) is 8.68. The number of likely N-dealkylation sites (tertiary alicyclic amines) is 1. The molecule has 1 aromatic rings. The molecule has 0 aliphatic carbocycles. The predicted molar refractivity (Wildman–Crippen MR) is 94.7 cm³/mol. The topological polar surface area (TPSA) is 53.6 Å². The minimum Gasteiger partial charge on any atom is -0.372 e. The third kappa shape index (κ3) is 4.09. The van der Waals surface area contributed by atoms with E-state index in [9.17, 15) is 4.79 Å². The molecule has 24 heavy (non-hydrogen) atoms. The lowest BCUT2D eigenvalue weighted by Gasteiger charge is -2.34. The number of carbonyl (C=O) groups is 1. The molecule has 2 aliphatic heterocycles. The normalized spacial score (nSPS) is 25.2. The highest BCUT2D eigenvalue weighted by molar-refractivity contribution is 6.31. The number of nitrogens with zero attached hydrogens (tertiary/aromatic N) is 1. The van der Waals surface area contributed by atoms with E-state index >= 15 is 0 Å². The van der Waals surface area contributed by atoms with Gasteiger partial charge in [0.2, 0.25) is 5.91 Å². The number of benzene rings is 1. The number of hydrogen-bond acceptors (Lipinski definition) is 4. The van der Waals surface area contributed by atoms with Crippen LogP contribution in [0.1, 0.15) is 37.8 Å². The van der Waals surface area contributed by atoms with E-state index in [1.54, 1.807) is 0 Å². The van der Waals surface area contributed by atoms with E-state index in [0.29, 0.717) is 18.6 Å². The van der Waals surface area contributed by atoms with Crippen molar-refractivity contribution < 1.29 is 9.53 Å². The Kier molecular flexibility index (Phi) is 6.11. The zero-order valence-corrected chi connectivity index (χ0v) is 14.9. The lowest BCUT2D eigenvalue weighted by molar-refractivity contribution is -0.137. The van der Waals surface area contributed by atoms with Gasteiger partial charge in [0, 0.05) is 36.8 Å². The Balaban J connectivity index is 1.49. The fraction of sp³-hybridized carbons (Fsp3) is 0.611. The van der Waals surface area contributed by atoms with Gasteiger partial charge in [0.15, 0.2) is 0 Å². The molecule has 0 saturated carbocycles. The summed E-state index contributed by atoms with van der Waals surface area (Å²) in [5, 5.41) is 0.814. The van der Waals surface area contributed by atoms with Crippen LogP contribution in [0.5, 0.6) is 0 Å². The van der Waals surface area contributed by atoms with Crippen molar-refractivity contribution in [3.63, 3.8) is 0 Å². The fourth-order valence-corrected chi connectivity index (χ4v) is 3.95. The van der Waals surface area contributed by atoms with Crippen molar-refractivity contribution in [1.29, 1.82) is 0 Å². The van der Waals surface area contributed by atoms with Crippen LogP contribution in [0.15, 0.2) is 24.3 Å². The number of carbonyl (C=O) groups excluding carboxylic acids is 1. The molecular formula is C18H26ClN3O2. The summed E-state index contributed by atoms with van der Waals surface area (Å²) in [5.74, 6) is 0.697. The molecule has 2 N–H and O–H groups in total. The zero-order valence-electron chi connectivity index (χ0n) is 14.1. The second-order valence-electron chi connectivity index (χ2n) is 6.56. The maximum absolute atomic E-state index is 12.0. The van der Waals surface area contributed by atoms with Crippen molar-refractivity contribution in [2.24, 2.45) is 5.92 Å². The molecule has 6 heteroatoms. The highest BCUT2D eigenvalue weighted by atomic mass is 35.5. The van der Waals surface area contributed by atoms with Gasteiger partial charge < -0.3 is 9.64 Å².